The van der Waals surface area contributed by atoms with E-state index >= 15 is 0 Å². The number of unbranched alkanes of at least 4 members (excludes halogenated alkanes) is 26. The Bertz CT molecular complexity index is 1180. The molecule has 1 aliphatic heterocycles. The molecule has 9 heteroatoms. The molecule has 7 unspecified atom stereocenters. The summed E-state index contributed by atoms with van der Waals surface area (Å²) in [6.45, 7) is 3.73. The number of allylic oxidation sites excluding steroid dienone is 9. The molecule has 1 fully saturated rings. The van der Waals surface area contributed by atoms with E-state index in [1.54, 1.807) is 6.08 Å². The van der Waals surface area contributed by atoms with E-state index in [1.165, 1.54) is 141 Å². The summed E-state index contributed by atoms with van der Waals surface area (Å²) in [5.74, 6) is -0.196. The van der Waals surface area contributed by atoms with E-state index in [4.69, 9.17) is 9.47 Å². The summed E-state index contributed by atoms with van der Waals surface area (Å²) in [6.07, 6.45) is 52.7. The largest absolute Gasteiger partial charge is 0.394 e. The van der Waals surface area contributed by atoms with Crippen molar-refractivity contribution in [2.24, 2.45) is 0 Å². The minimum Gasteiger partial charge on any atom is -0.394 e. The van der Waals surface area contributed by atoms with E-state index in [0.717, 1.165) is 64.2 Å². The number of aliphatic hydroxyl groups excluding tert-OH is 5. The summed E-state index contributed by atoms with van der Waals surface area (Å²) in [6, 6.07) is -0.832. The molecule has 372 valence electrons. The molecule has 1 heterocycles. The fraction of sp³-hybridized carbons (Fsp3) is 0.800. The third kappa shape index (κ3) is 34.2. The molecule has 0 spiro atoms. The van der Waals surface area contributed by atoms with Crippen molar-refractivity contribution in [3.05, 3.63) is 60.8 Å². The van der Waals surface area contributed by atoms with Crippen LogP contribution in [0.2, 0.25) is 0 Å². The molecule has 0 aromatic heterocycles. The van der Waals surface area contributed by atoms with Crippen molar-refractivity contribution in [2.75, 3.05) is 13.2 Å². The number of carbonyl (C=O) groups excluding carboxylic acids is 1. The fourth-order valence-corrected chi connectivity index (χ4v) is 8.04. The van der Waals surface area contributed by atoms with Gasteiger partial charge in [0, 0.05) is 6.42 Å². The molecule has 6 N–H and O–H groups in total. The van der Waals surface area contributed by atoms with Crippen LogP contribution in [-0.2, 0) is 14.3 Å². The Morgan fingerprint density at radius 3 is 1.44 bits per heavy atom. The van der Waals surface area contributed by atoms with Crippen molar-refractivity contribution in [2.45, 2.75) is 269 Å². The molecule has 64 heavy (non-hydrogen) atoms. The molecule has 0 radical (unpaired) electrons. The van der Waals surface area contributed by atoms with Crippen LogP contribution in [0, 0.1) is 0 Å². The molecule has 1 amide bonds. The summed E-state index contributed by atoms with van der Waals surface area (Å²) in [4.78, 5) is 13.0. The van der Waals surface area contributed by atoms with Gasteiger partial charge < -0.3 is 40.3 Å². The highest BCUT2D eigenvalue weighted by atomic mass is 16.7. The number of hydrogen-bond acceptors (Lipinski definition) is 8. The predicted molar refractivity (Wildman–Crippen MR) is 267 cm³/mol. The number of ether oxygens (including phenoxy) is 2. The maximum Gasteiger partial charge on any atom is 0.220 e. The standard InChI is InChI=1S/C55H99NO8/c1-3-5-7-9-11-13-15-17-19-21-23-24-25-27-28-30-32-34-36-38-40-42-44-49(58)48(47-63-55-54(62)53(61)52(60)50(46-57)64-55)56-51(59)45-43-41-39-37-35-33-31-29-26-22-20-18-16-14-12-10-8-6-4-2/h12,14,18,20,27-28,34,36,42,44,48-50,52-55,57-58,60-62H,3-11,13,15-17,19,21-26,29-33,35,37-41,43,45-47H2,1-2H3,(H,56,59)/b14-12-,20-18-,28-27+,36-34+,44-42+. The summed E-state index contributed by atoms with van der Waals surface area (Å²) in [5, 5.41) is 54.4. The van der Waals surface area contributed by atoms with Crippen molar-refractivity contribution in [3.63, 3.8) is 0 Å². The molecule has 7 atom stereocenters. The monoisotopic (exact) mass is 902 g/mol. The minimum atomic E-state index is -1.58. The second-order valence-corrected chi connectivity index (χ2v) is 18.3. The molecule has 0 aromatic carbocycles. The van der Waals surface area contributed by atoms with Crippen LogP contribution in [0.5, 0.6) is 0 Å². The second-order valence-electron chi connectivity index (χ2n) is 18.3. The average molecular weight is 902 g/mol. The van der Waals surface area contributed by atoms with Crippen LogP contribution in [0.1, 0.15) is 226 Å². The lowest BCUT2D eigenvalue weighted by Gasteiger charge is -2.40. The molecule has 1 rings (SSSR count). The third-order valence-electron chi connectivity index (χ3n) is 12.3. The Morgan fingerprint density at radius 1 is 0.531 bits per heavy atom. The van der Waals surface area contributed by atoms with Gasteiger partial charge in [0.05, 0.1) is 25.4 Å². The van der Waals surface area contributed by atoms with E-state index in [9.17, 15) is 30.3 Å². The van der Waals surface area contributed by atoms with Gasteiger partial charge in [0.1, 0.15) is 24.4 Å². The number of carbonyl (C=O) groups is 1. The first kappa shape index (κ1) is 59.9. The lowest BCUT2D eigenvalue weighted by Crippen LogP contribution is -2.60. The summed E-state index contributed by atoms with van der Waals surface area (Å²) in [5.41, 5.74) is 0. The number of hydrogen-bond donors (Lipinski definition) is 6. The maximum atomic E-state index is 13.0. The van der Waals surface area contributed by atoms with Crippen molar-refractivity contribution < 1.29 is 39.8 Å². The number of nitrogens with one attached hydrogen (secondary N) is 1. The van der Waals surface area contributed by atoms with Gasteiger partial charge in [0.15, 0.2) is 6.29 Å². The minimum absolute atomic E-state index is 0.196. The zero-order valence-corrected chi connectivity index (χ0v) is 41.0. The zero-order valence-electron chi connectivity index (χ0n) is 41.0. The van der Waals surface area contributed by atoms with Gasteiger partial charge in [-0.3, -0.25) is 4.79 Å². The van der Waals surface area contributed by atoms with Crippen LogP contribution in [-0.4, -0.2) is 87.5 Å². The van der Waals surface area contributed by atoms with Gasteiger partial charge in [0.2, 0.25) is 5.91 Å². The quantitative estimate of drug-likeness (QED) is 0.0262. The highest BCUT2D eigenvalue weighted by Crippen LogP contribution is 2.23. The van der Waals surface area contributed by atoms with Crippen LogP contribution in [0.4, 0.5) is 0 Å². The predicted octanol–water partition coefficient (Wildman–Crippen LogP) is 12.3. The molecule has 1 saturated heterocycles. The third-order valence-corrected chi connectivity index (χ3v) is 12.3. The summed E-state index contributed by atoms with van der Waals surface area (Å²) >= 11 is 0. The topological polar surface area (TPSA) is 149 Å². The van der Waals surface area contributed by atoms with E-state index in [2.05, 4.69) is 67.8 Å². The van der Waals surface area contributed by atoms with Crippen LogP contribution < -0.4 is 5.32 Å². The first-order valence-corrected chi connectivity index (χ1v) is 26.5. The van der Waals surface area contributed by atoms with Gasteiger partial charge in [-0.2, -0.15) is 0 Å². The second kappa shape index (κ2) is 44.7. The van der Waals surface area contributed by atoms with Gasteiger partial charge in [-0.1, -0.05) is 203 Å². The number of rotatable bonds is 44. The van der Waals surface area contributed by atoms with Gasteiger partial charge in [-0.05, 0) is 77.0 Å². The average Bonchev–Trinajstić information content (AvgIpc) is 3.29. The highest BCUT2D eigenvalue weighted by Gasteiger charge is 2.44. The van der Waals surface area contributed by atoms with Crippen LogP contribution in [0.3, 0.4) is 0 Å². The molecule has 0 aromatic rings. The Balaban J connectivity index is 2.33. The smallest absolute Gasteiger partial charge is 0.220 e. The van der Waals surface area contributed by atoms with Gasteiger partial charge in [0.25, 0.3) is 0 Å². The normalized spacial score (nSPS) is 20.5. The molecule has 9 nitrogen and oxygen atoms in total. The molecule has 0 bridgehead atoms. The number of amides is 1. The Kier molecular flexibility index (Phi) is 41.9. The van der Waals surface area contributed by atoms with Crippen LogP contribution >= 0.6 is 0 Å². The Hall–Kier alpha value is -2.11. The number of aliphatic hydroxyl groups is 5. The van der Waals surface area contributed by atoms with Gasteiger partial charge in [-0.15, -0.1) is 0 Å². The molecule has 1 aliphatic rings. The van der Waals surface area contributed by atoms with Crippen molar-refractivity contribution in [3.8, 4) is 0 Å². The molecule has 0 saturated carbocycles. The van der Waals surface area contributed by atoms with Crippen LogP contribution in [0.15, 0.2) is 60.8 Å². The van der Waals surface area contributed by atoms with E-state index < -0.39 is 49.5 Å². The first-order chi connectivity index (χ1) is 31.3. The first-order valence-electron chi connectivity index (χ1n) is 26.5. The van der Waals surface area contributed by atoms with Crippen molar-refractivity contribution in [1.82, 2.24) is 5.32 Å². The zero-order chi connectivity index (χ0) is 46.6. The lowest BCUT2D eigenvalue weighted by molar-refractivity contribution is -0.302. The van der Waals surface area contributed by atoms with E-state index in [1.807, 2.05) is 6.08 Å². The van der Waals surface area contributed by atoms with Gasteiger partial charge in [-0.25, -0.2) is 0 Å². The van der Waals surface area contributed by atoms with Crippen molar-refractivity contribution in [1.29, 1.82) is 0 Å². The SMILES string of the molecule is CCCCC/C=C\C/C=C\CCCCCCCCCCCC(=O)NC(COC1OC(CO)C(O)C(O)C1O)C(O)/C=C/CC/C=C/CC/C=C/CCCCCCCCCCCCCC. The van der Waals surface area contributed by atoms with E-state index in [0.29, 0.717) is 6.42 Å². The fourth-order valence-electron chi connectivity index (χ4n) is 8.04. The van der Waals surface area contributed by atoms with Crippen LogP contribution in [0.25, 0.3) is 0 Å². The molecule has 0 aliphatic carbocycles. The molecular formula is C55H99NO8. The van der Waals surface area contributed by atoms with E-state index in [-0.39, 0.29) is 12.5 Å². The molecular weight excluding hydrogens is 803 g/mol. The van der Waals surface area contributed by atoms with Crippen molar-refractivity contribution >= 4 is 5.91 Å². The lowest BCUT2D eigenvalue weighted by atomic mass is 9.99. The summed E-state index contributed by atoms with van der Waals surface area (Å²) < 4.78 is 11.2. The Morgan fingerprint density at radius 2 is 0.938 bits per heavy atom. The maximum absolute atomic E-state index is 13.0. The summed E-state index contributed by atoms with van der Waals surface area (Å²) in [7, 11) is 0. The Labute approximate surface area is 392 Å². The highest BCUT2D eigenvalue weighted by molar-refractivity contribution is 5.76. The van der Waals surface area contributed by atoms with Gasteiger partial charge >= 0.3 is 0 Å².